The van der Waals surface area contributed by atoms with E-state index in [9.17, 15) is 13.2 Å². The second-order valence-electron chi connectivity index (χ2n) is 4.95. The third-order valence-electron chi connectivity index (χ3n) is 3.28. The van der Waals surface area contributed by atoms with Gasteiger partial charge in [-0.3, -0.25) is 4.79 Å². The maximum absolute atomic E-state index is 12.0. The number of sulfonamides is 1. The zero-order valence-electron chi connectivity index (χ0n) is 13.6. The lowest BCUT2D eigenvalue weighted by molar-refractivity contribution is -0.111. The van der Waals surface area contributed by atoms with Crippen LogP contribution >= 0.6 is 11.6 Å². The van der Waals surface area contributed by atoms with Crippen LogP contribution in [0.25, 0.3) is 6.08 Å². The van der Waals surface area contributed by atoms with Crippen molar-refractivity contribution in [2.45, 2.75) is 4.90 Å². The summed E-state index contributed by atoms with van der Waals surface area (Å²) in [5.74, 6) is -0.131. The molecule has 0 aliphatic heterocycles. The highest BCUT2D eigenvalue weighted by molar-refractivity contribution is 7.89. The summed E-state index contributed by atoms with van der Waals surface area (Å²) in [7, 11) is -0.972. The Morgan fingerprint density at radius 2 is 1.84 bits per heavy atom. The molecule has 0 aliphatic carbocycles. The molecule has 0 spiro atoms. The van der Waals surface area contributed by atoms with Gasteiger partial charge in [-0.25, -0.2) is 13.1 Å². The molecule has 0 unspecified atom stereocenters. The molecule has 2 aromatic rings. The normalized spacial score (nSPS) is 11.5. The van der Waals surface area contributed by atoms with Gasteiger partial charge in [-0.2, -0.15) is 0 Å². The minimum Gasteiger partial charge on any atom is -0.495 e. The molecule has 0 saturated heterocycles. The van der Waals surface area contributed by atoms with Crippen LogP contribution in [-0.4, -0.2) is 28.5 Å². The smallest absolute Gasteiger partial charge is 0.248 e. The van der Waals surface area contributed by atoms with E-state index in [4.69, 9.17) is 16.3 Å². The Morgan fingerprint density at radius 3 is 2.44 bits per heavy atom. The largest absolute Gasteiger partial charge is 0.495 e. The number of nitrogens with one attached hydrogen (secondary N) is 2. The lowest BCUT2D eigenvalue weighted by atomic mass is 10.2. The fourth-order valence-electron chi connectivity index (χ4n) is 2.01. The van der Waals surface area contributed by atoms with Gasteiger partial charge in [0.15, 0.2) is 0 Å². The molecule has 2 aromatic carbocycles. The minimum absolute atomic E-state index is 0.00207. The van der Waals surface area contributed by atoms with Gasteiger partial charge in [0.05, 0.1) is 7.11 Å². The van der Waals surface area contributed by atoms with Crippen molar-refractivity contribution in [3.63, 3.8) is 0 Å². The van der Waals surface area contributed by atoms with Crippen LogP contribution in [0.3, 0.4) is 0 Å². The van der Waals surface area contributed by atoms with E-state index in [0.717, 1.165) is 0 Å². The first-order chi connectivity index (χ1) is 11.9. The van der Waals surface area contributed by atoms with Gasteiger partial charge >= 0.3 is 0 Å². The molecule has 132 valence electrons. The number of benzene rings is 2. The molecule has 0 fully saturated rings. The Morgan fingerprint density at radius 1 is 1.16 bits per heavy atom. The number of hydrogen-bond acceptors (Lipinski definition) is 4. The molecule has 1 amide bonds. The molecule has 0 aromatic heterocycles. The number of carbonyl (C=O) groups is 1. The van der Waals surface area contributed by atoms with Crippen molar-refractivity contribution >= 4 is 39.3 Å². The first kappa shape index (κ1) is 19.0. The summed E-state index contributed by atoms with van der Waals surface area (Å²) in [6.07, 6.45) is 2.82. The van der Waals surface area contributed by atoms with Gasteiger partial charge in [0.25, 0.3) is 0 Å². The zero-order chi connectivity index (χ0) is 18.4. The summed E-state index contributed by atoms with van der Waals surface area (Å²) in [5, 5.41) is 3.25. The molecule has 0 heterocycles. The Labute approximate surface area is 151 Å². The van der Waals surface area contributed by atoms with E-state index in [1.165, 1.54) is 38.4 Å². The van der Waals surface area contributed by atoms with Crippen molar-refractivity contribution in [1.82, 2.24) is 4.72 Å². The summed E-state index contributed by atoms with van der Waals surface area (Å²) in [6, 6.07) is 11.3. The number of carbonyl (C=O) groups excluding carboxylic acids is 1. The molecule has 6 nitrogen and oxygen atoms in total. The van der Waals surface area contributed by atoms with Gasteiger partial charge < -0.3 is 10.1 Å². The molecular weight excluding hydrogens is 364 g/mol. The average Bonchev–Trinajstić information content (AvgIpc) is 2.61. The monoisotopic (exact) mass is 380 g/mol. The third kappa shape index (κ3) is 5.06. The average molecular weight is 381 g/mol. The predicted molar refractivity (Wildman–Crippen MR) is 98.4 cm³/mol. The van der Waals surface area contributed by atoms with Crippen molar-refractivity contribution in [2.75, 3.05) is 19.5 Å². The van der Waals surface area contributed by atoms with E-state index < -0.39 is 10.0 Å². The SMILES string of the molecule is CNS(=O)(=O)c1cc(/C=C/C(=O)Nc2ccc(Cl)cc2)ccc1OC. The first-order valence-electron chi connectivity index (χ1n) is 7.22. The van der Waals surface area contributed by atoms with E-state index in [1.807, 2.05) is 0 Å². The summed E-state index contributed by atoms with van der Waals surface area (Å²) in [5.41, 5.74) is 1.15. The number of rotatable bonds is 6. The molecule has 0 bridgehead atoms. The summed E-state index contributed by atoms with van der Waals surface area (Å²) < 4.78 is 31.4. The number of ether oxygens (including phenoxy) is 1. The highest BCUT2D eigenvalue weighted by atomic mass is 35.5. The second kappa shape index (κ2) is 8.15. The minimum atomic E-state index is -3.68. The Bertz CT molecular complexity index is 893. The molecule has 2 N–H and O–H groups in total. The molecule has 8 heteroatoms. The van der Waals surface area contributed by atoms with Gasteiger partial charge in [0.1, 0.15) is 10.6 Å². The van der Waals surface area contributed by atoms with Crippen LogP contribution in [0, 0.1) is 0 Å². The molecule has 0 atom stereocenters. The summed E-state index contributed by atoms with van der Waals surface area (Å²) in [4.78, 5) is 11.9. The predicted octanol–water partition coefficient (Wildman–Crippen LogP) is 2.91. The fraction of sp³-hybridized carbons (Fsp3) is 0.118. The summed E-state index contributed by atoms with van der Waals surface area (Å²) >= 11 is 5.79. The summed E-state index contributed by atoms with van der Waals surface area (Å²) in [6.45, 7) is 0. The van der Waals surface area contributed by atoms with Crippen molar-refractivity contribution in [2.24, 2.45) is 0 Å². The van der Waals surface area contributed by atoms with Gasteiger partial charge in [0.2, 0.25) is 15.9 Å². The highest BCUT2D eigenvalue weighted by Gasteiger charge is 2.17. The topological polar surface area (TPSA) is 84.5 Å². The van der Waals surface area contributed by atoms with Crippen LogP contribution in [0.4, 0.5) is 5.69 Å². The molecule has 0 radical (unpaired) electrons. The standard InChI is InChI=1S/C17H17ClN2O4S/c1-19-25(22,23)16-11-12(3-9-15(16)24-2)4-10-17(21)20-14-7-5-13(18)6-8-14/h3-11,19H,1-2H3,(H,20,21)/b10-4+. The van der Waals surface area contributed by atoms with E-state index in [2.05, 4.69) is 10.0 Å². The van der Waals surface area contributed by atoms with Crippen molar-refractivity contribution in [1.29, 1.82) is 0 Å². The van der Waals surface area contributed by atoms with Crippen LogP contribution in [0.15, 0.2) is 53.4 Å². The maximum Gasteiger partial charge on any atom is 0.248 e. The van der Waals surface area contributed by atoms with E-state index >= 15 is 0 Å². The third-order valence-corrected chi connectivity index (χ3v) is 4.97. The van der Waals surface area contributed by atoms with Gasteiger partial charge in [-0.1, -0.05) is 17.7 Å². The van der Waals surface area contributed by atoms with Crippen LogP contribution in [-0.2, 0) is 14.8 Å². The Hall–Kier alpha value is -2.35. The lowest BCUT2D eigenvalue weighted by Gasteiger charge is -2.09. The number of hydrogen-bond donors (Lipinski definition) is 2. The van der Waals surface area contributed by atoms with Crippen molar-refractivity contribution < 1.29 is 17.9 Å². The molecule has 2 rings (SSSR count). The first-order valence-corrected chi connectivity index (χ1v) is 9.08. The van der Waals surface area contributed by atoms with Crippen LogP contribution < -0.4 is 14.8 Å². The second-order valence-corrected chi connectivity index (χ2v) is 7.24. The number of halogens is 1. The van der Waals surface area contributed by atoms with Gasteiger partial charge in [-0.15, -0.1) is 0 Å². The van der Waals surface area contributed by atoms with Crippen LogP contribution in [0.2, 0.25) is 5.02 Å². The lowest BCUT2D eigenvalue weighted by Crippen LogP contribution is -2.19. The Balaban J connectivity index is 2.19. The van der Waals surface area contributed by atoms with Crippen molar-refractivity contribution in [3.05, 3.63) is 59.1 Å². The molecule has 0 aliphatic rings. The molecule has 25 heavy (non-hydrogen) atoms. The van der Waals surface area contributed by atoms with E-state index in [-0.39, 0.29) is 16.6 Å². The van der Waals surface area contributed by atoms with Crippen molar-refractivity contribution in [3.8, 4) is 5.75 Å². The van der Waals surface area contributed by atoms with Crippen LogP contribution in [0.1, 0.15) is 5.56 Å². The number of amides is 1. The fourth-order valence-corrected chi connectivity index (χ4v) is 3.06. The highest BCUT2D eigenvalue weighted by Crippen LogP contribution is 2.25. The van der Waals surface area contributed by atoms with Gasteiger partial charge in [0, 0.05) is 16.8 Å². The van der Waals surface area contributed by atoms with E-state index in [0.29, 0.717) is 16.3 Å². The van der Waals surface area contributed by atoms with E-state index in [1.54, 1.807) is 30.3 Å². The number of methoxy groups -OCH3 is 1. The van der Waals surface area contributed by atoms with Gasteiger partial charge in [-0.05, 0) is 55.1 Å². The van der Waals surface area contributed by atoms with Crippen LogP contribution in [0.5, 0.6) is 5.75 Å². The Kier molecular flexibility index (Phi) is 6.19. The maximum atomic E-state index is 12.0. The zero-order valence-corrected chi connectivity index (χ0v) is 15.2. The molecular formula is C17H17ClN2O4S. The quantitative estimate of drug-likeness (QED) is 0.754. The molecule has 0 saturated carbocycles. The number of anilines is 1.